The summed E-state index contributed by atoms with van der Waals surface area (Å²) in [6.45, 7) is 2.38. The van der Waals surface area contributed by atoms with Gasteiger partial charge in [-0.2, -0.15) is 0 Å². The van der Waals surface area contributed by atoms with Crippen molar-refractivity contribution in [2.75, 3.05) is 40.5 Å². The lowest BCUT2D eigenvalue weighted by molar-refractivity contribution is -0.134. The van der Waals surface area contributed by atoms with Crippen LogP contribution in [0, 0.1) is 11.7 Å². The Morgan fingerprint density at radius 2 is 1.91 bits per heavy atom. The molecule has 2 fully saturated rings. The molecule has 2 aromatic rings. The molecule has 3 amide bonds. The maximum absolute atomic E-state index is 13.9. The zero-order chi connectivity index (χ0) is 25.0. The summed E-state index contributed by atoms with van der Waals surface area (Å²) in [5.41, 5.74) is 0.333. The topological polar surface area (TPSA) is 91.3 Å². The van der Waals surface area contributed by atoms with E-state index in [0.717, 1.165) is 5.56 Å². The predicted molar refractivity (Wildman–Crippen MR) is 128 cm³/mol. The Labute approximate surface area is 204 Å². The molecule has 2 heterocycles. The Morgan fingerprint density at radius 1 is 1.14 bits per heavy atom. The lowest BCUT2D eigenvalue weighted by Gasteiger charge is -2.41. The normalized spacial score (nSPS) is 21.4. The first-order chi connectivity index (χ1) is 16.9. The van der Waals surface area contributed by atoms with Gasteiger partial charge in [0.15, 0.2) is 0 Å². The third-order valence-electron chi connectivity index (χ3n) is 7.06. The van der Waals surface area contributed by atoms with Gasteiger partial charge in [-0.3, -0.25) is 14.6 Å². The van der Waals surface area contributed by atoms with E-state index in [0.29, 0.717) is 43.8 Å². The Bertz CT molecular complexity index is 1070. The Morgan fingerprint density at radius 3 is 2.57 bits per heavy atom. The second-order valence-corrected chi connectivity index (χ2v) is 9.20. The van der Waals surface area contributed by atoms with Crippen LogP contribution in [0.25, 0.3) is 0 Å². The second kappa shape index (κ2) is 10.6. The molecule has 2 aliphatic rings. The number of imide groups is 1. The highest BCUT2D eigenvalue weighted by atomic mass is 19.1. The fourth-order valence-electron chi connectivity index (χ4n) is 5.17. The SMILES string of the molecule is COCCN1C(=O)NC(Cc2cccc(F)c2)(C2CCN(Cc3ccc(OC)cc3O)CC2)C1=O. The highest BCUT2D eigenvalue weighted by Gasteiger charge is 2.55. The number of phenols is 1. The molecule has 0 saturated carbocycles. The van der Waals surface area contributed by atoms with E-state index in [1.54, 1.807) is 25.3 Å². The second-order valence-electron chi connectivity index (χ2n) is 9.20. The highest BCUT2D eigenvalue weighted by Crippen LogP contribution is 2.37. The van der Waals surface area contributed by atoms with Crippen molar-refractivity contribution < 1.29 is 28.6 Å². The summed E-state index contributed by atoms with van der Waals surface area (Å²) in [6, 6.07) is 11.0. The maximum atomic E-state index is 13.9. The molecule has 2 aromatic carbocycles. The average Bonchev–Trinajstić information content (AvgIpc) is 3.08. The average molecular weight is 486 g/mol. The number of piperidine rings is 1. The van der Waals surface area contributed by atoms with Gasteiger partial charge in [0, 0.05) is 31.7 Å². The molecule has 8 nitrogen and oxygen atoms in total. The number of phenolic OH excluding ortho intramolecular Hbond substituents is 1. The monoisotopic (exact) mass is 485 g/mol. The van der Waals surface area contributed by atoms with Crippen molar-refractivity contribution in [3.63, 3.8) is 0 Å². The number of nitrogens with zero attached hydrogens (tertiary/aromatic N) is 2. The van der Waals surface area contributed by atoms with Crippen LogP contribution in [-0.2, 0) is 22.5 Å². The fourth-order valence-corrected chi connectivity index (χ4v) is 5.17. The van der Waals surface area contributed by atoms with E-state index < -0.39 is 11.6 Å². The van der Waals surface area contributed by atoms with Crippen LogP contribution in [0.3, 0.4) is 0 Å². The number of hydrogen-bond acceptors (Lipinski definition) is 6. The summed E-state index contributed by atoms with van der Waals surface area (Å²) in [6.07, 6.45) is 1.58. The van der Waals surface area contributed by atoms with Gasteiger partial charge in [-0.25, -0.2) is 9.18 Å². The van der Waals surface area contributed by atoms with Gasteiger partial charge in [-0.05, 0) is 55.6 Å². The Balaban J connectivity index is 1.52. The van der Waals surface area contributed by atoms with Crippen molar-refractivity contribution in [2.45, 2.75) is 31.3 Å². The molecule has 2 N–H and O–H groups in total. The fraction of sp³-hybridized carbons (Fsp3) is 0.462. The van der Waals surface area contributed by atoms with Crippen LogP contribution >= 0.6 is 0 Å². The molecule has 9 heteroatoms. The number of aromatic hydroxyl groups is 1. The minimum Gasteiger partial charge on any atom is -0.507 e. The largest absolute Gasteiger partial charge is 0.507 e. The standard InChI is InChI=1S/C26H32FN3O5/c1-34-13-12-30-24(32)26(28-25(30)33,16-18-4-3-5-21(27)14-18)20-8-10-29(11-9-20)17-19-6-7-22(35-2)15-23(19)31/h3-7,14-15,20,31H,8-13,16-17H2,1-2H3,(H,28,33). The summed E-state index contributed by atoms with van der Waals surface area (Å²) >= 11 is 0. The van der Waals surface area contributed by atoms with Gasteiger partial charge in [0.25, 0.3) is 5.91 Å². The first-order valence-corrected chi connectivity index (χ1v) is 11.8. The number of carbonyl (C=O) groups excluding carboxylic acids is 2. The molecule has 2 saturated heterocycles. The quantitative estimate of drug-likeness (QED) is 0.531. The number of carbonyl (C=O) groups is 2. The van der Waals surface area contributed by atoms with Crippen molar-refractivity contribution in [1.82, 2.24) is 15.1 Å². The van der Waals surface area contributed by atoms with Crippen LogP contribution in [0.5, 0.6) is 11.5 Å². The first-order valence-electron chi connectivity index (χ1n) is 11.8. The number of likely N-dealkylation sites (tertiary alicyclic amines) is 1. The van der Waals surface area contributed by atoms with Gasteiger partial charge in [-0.15, -0.1) is 0 Å². The third-order valence-corrected chi connectivity index (χ3v) is 7.06. The summed E-state index contributed by atoms with van der Waals surface area (Å²) in [7, 11) is 3.08. The lowest BCUT2D eigenvalue weighted by atomic mass is 9.74. The molecule has 4 rings (SSSR count). The smallest absolute Gasteiger partial charge is 0.325 e. The Kier molecular flexibility index (Phi) is 7.57. The molecule has 35 heavy (non-hydrogen) atoms. The van der Waals surface area contributed by atoms with E-state index in [9.17, 15) is 19.1 Å². The first kappa shape index (κ1) is 24.9. The molecule has 0 bridgehead atoms. The van der Waals surface area contributed by atoms with Crippen LogP contribution < -0.4 is 10.1 Å². The summed E-state index contributed by atoms with van der Waals surface area (Å²) in [5.74, 6) is 0.00384. The van der Waals surface area contributed by atoms with Crippen LogP contribution in [0.15, 0.2) is 42.5 Å². The molecule has 2 aliphatic heterocycles. The number of methoxy groups -OCH3 is 2. The van der Waals surface area contributed by atoms with E-state index in [1.807, 2.05) is 12.1 Å². The van der Waals surface area contributed by atoms with E-state index in [-0.39, 0.29) is 43.0 Å². The van der Waals surface area contributed by atoms with E-state index in [4.69, 9.17) is 9.47 Å². The van der Waals surface area contributed by atoms with Crippen LogP contribution in [0.4, 0.5) is 9.18 Å². The van der Waals surface area contributed by atoms with Gasteiger partial charge in [0.05, 0.1) is 20.3 Å². The van der Waals surface area contributed by atoms with Gasteiger partial charge in [-0.1, -0.05) is 18.2 Å². The van der Waals surface area contributed by atoms with Gasteiger partial charge < -0.3 is 19.9 Å². The molecule has 0 aliphatic carbocycles. The molecular formula is C26H32FN3O5. The number of halogens is 1. The summed E-state index contributed by atoms with van der Waals surface area (Å²) < 4.78 is 24.2. The van der Waals surface area contributed by atoms with E-state index >= 15 is 0 Å². The van der Waals surface area contributed by atoms with Gasteiger partial charge in [0.1, 0.15) is 22.9 Å². The van der Waals surface area contributed by atoms with Crippen molar-refractivity contribution in [3.05, 3.63) is 59.4 Å². The van der Waals surface area contributed by atoms with Gasteiger partial charge in [0.2, 0.25) is 0 Å². The van der Waals surface area contributed by atoms with Gasteiger partial charge >= 0.3 is 6.03 Å². The van der Waals surface area contributed by atoms with Crippen LogP contribution in [0.2, 0.25) is 0 Å². The van der Waals surface area contributed by atoms with Crippen LogP contribution in [-0.4, -0.2) is 72.8 Å². The van der Waals surface area contributed by atoms with Crippen molar-refractivity contribution in [2.24, 2.45) is 5.92 Å². The molecular weight excluding hydrogens is 453 g/mol. The molecule has 0 spiro atoms. The summed E-state index contributed by atoms with van der Waals surface area (Å²) in [5, 5.41) is 13.3. The molecule has 1 unspecified atom stereocenters. The minimum atomic E-state index is -1.13. The number of urea groups is 1. The Hall–Kier alpha value is -3.17. The number of amides is 3. The zero-order valence-electron chi connectivity index (χ0n) is 20.1. The van der Waals surface area contributed by atoms with Crippen molar-refractivity contribution >= 4 is 11.9 Å². The number of benzene rings is 2. The third kappa shape index (κ3) is 5.26. The number of ether oxygens (including phenoxy) is 2. The maximum Gasteiger partial charge on any atom is 0.325 e. The number of hydrogen-bond donors (Lipinski definition) is 2. The van der Waals surface area contributed by atoms with Crippen LogP contribution in [0.1, 0.15) is 24.0 Å². The van der Waals surface area contributed by atoms with E-state index in [1.165, 1.54) is 24.1 Å². The van der Waals surface area contributed by atoms with E-state index in [2.05, 4.69) is 10.2 Å². The highest BCUT2D eigenvalue weighted by molar-refractivity contribution is 6.07. The molecule has 0 radical (unpaired) electrons. The lowest BCUT2D eigenvalue weighted by Crippen LogP contribution is -2.57. The minimum absolute atomic E-state index is 0.115. The molecule has 0 aromatic heterocycles. The summed E-state index contributed by atoms with van der Waals surface area (Å²) in [4.78, 5) is 29.9. The predicted octanol–water partition coefficient (Wildman–Crippen LogP) is 2.93. The van der Waals surface area contributed by atoms with Crippen molar-refractivity contribution in [3.8, 4) is 11.5 Å². The number of rotatable bonds is 9. The molecule has 188 valence electrons. The van der Waals surface area contributed by atoms with Crippen molar-refractivity contribution in [1.29, 1.82) is 0 Å². The molecule has 1 atom stereocenters. The zero-order valence-corrected chi connectivity index (χ0v) is 20.1. The number of nitrogens with one attached hydrogen (secondary N) is 1.